The number of hydrogen-bond donors (Lipinski definition) is 1. The van der Waals surface area contributed by atoms with Crippen molar-refractivity contribution in [1.82, 2.24) is 20.1 Å². The Morgan fingerprint density at radius 2 is 2.19 bits per heavy atom. The third-order valence-electron chi connectivity index (χ3n) is 3.84. The number of rotatable bonds is 8. The molecule has 2 aromatic rings. The van der Waals surface area contributed by atoms with Crippen LogP contribution in [0.3, 0.4) is 0 Å². The van der Waals surface area contributed by atoms with Gasteiger partial charge in [-0.2, -0.15) is 0 Å². The third kappa shape index (κ3) is 4.47. The lowest BCUT2D eigenvalue weighted by Crippen LogP contribution is -2.27. The van der Waals surface area contributed by atoms with Crippen molar-refractivity contribution < 1.29 is 19.0 Å². The Morgan fingerprint density at radius 1 is 1.38 bits per heavy atom. The van der Waals surface area contributed by atoms with Crippen LogP contribution < -0.4 is 14.8 Å². The van der Waals surface area contributed by atoms with E-state index in [9.17, 15) is 4.79 Å². The molecule has 0 saturated carbocycles. The quantitative estimate of drug-likeness (QED) is 0.551. The zero-order valence-corrected chi connectivity index (χ0v) is 15.6. The smallest absolute Gasteiger partial charge is 0.230 e. The number of thioether (sulfide) groups is 1. The predicted molar refractivity (Wildman–Crippen MR) is 96.5 cm³/mol. The van der Waals surface area contributed by atoms with E-state index in [1.54, 1.807) is 7.11 Å². The number of hydrogen-bond acceptors (Lipinski definition) is 7. The van der Waals surface area contributed by atoms with Crippen molar-refractivity contribution in [1.29, 1.82) is 0 Å². The second-order valence-corrected chi connectivity index (χ2v) is 6.69. The van der Waals surface area contributed by atoms with Crippen LogP contribution in [0.15, 0.2) is 29.4 Å². The summed E-state index contributed by atoms with van der Waals surface area (Å²) in [5.74, 6) is 2.33. The van der Waals surface area contributed by atoms with Gasteiger partial charge in [-0.1, -0.05) is 23.9 Å². The van der Waals surface area contributed by atoms with Gasteiger partial charge >= 0.3 is 0 Å². The van der Waals surface area contributed by atoms with Crippen LogP contribution in [-0.4, -0.2) is 53.3 Å². The molecule has 1 aliphatic rings. The highest BCUT2D eigenvalue weighted by Gasteiger charge is 2.27. The minimum absolute atomic E-state index is 0.0400. The van der Waals surface area contributed by atoms with E-state index in [-0.39, 0.29) is 17.8 Å². The lowest BCUT2D eigenvalue weighted by molar-refractivity contribution is -0.118. The number of ether oxygens (including phenoxy) is 3. The summed E-state index contributed by atoms with van der Waals surface area (Å²) >= 11 is 1.34. The number of carbonyl (C=O) groups is 1. The summed E-state index contributed by atoms with van der Waals surface area (Å²) in [6, 6.07) is 7.53. The van der Waals surface area contributed by atoms with Gasteiger partial charge in [0.1, 0.15) is 6.61 Å². The molecule has 1 N–H and O–H groups in total. The molecular weight excluding hydrogens is 356 g/mol. The Morgan fingerprint density at radius 3 is 3.00 bits per heavy atom. The van der Waals surface area contributed by atoms with Gasteiger partial charge in [-0.15, -0.1) is 10.2 Å². The highest BCUT2D eigenvalue weighted by molar-refractivity contribution is 7.99. The van der Waals surface area contributed by atoms with Crippen molar-refractivity contribution in [3.05, 3.63) is 30.1 Å². The van der Waals surface area contributed by atoms with Crippen molar-refractivity contribution in [3.63, 3.8) is 0 Å². The fourth-order valence-electron chi connectivity index (χ4n) is 2.50. The number of methoxy groups -OCH3 is 1. The average molecular weight is 378 g/mol. The maximum atomic E-state index is 11.9. The van der Waals surface area contributed by atoms with Crippen LogP contribution >= 0.6 is 11.8 Å². The lowest BCUT2D eigenvalue weighted by atomic mass is 10.2. The molecule has 140 valence electrons. The fraction of sp³-hybridized carbons (Fsp3) is 0.471. The summed E-state index contributed by atoms with van der Waals surface area (Å²) in [6.07, 6.45) is 0.459. The molecule has 9 heteroatoms. The van der Waals surface area contributed by atoms with Crippen LogP contribution in [0.4, 0.5) is 0 Å². The molecule has 1 aromatic carbocycles. The SMILES string of the molecule is COCCCNC(=O)CSc1nnc(C2COc3ccccc3O2)n1C. The first-order valence-corrected chi connectivity index (χ1v) is 9.34. The average Bonchev–Trinajstić information content (AvgIpc) is 3.03. The fourth-order valence-corrected chi connectivity index (χ4v) is 3.25. The van der Waals surface area contributed by atoms with Crippen molar-refractivity contribution in [2.75, 3.05) is 32.6 Å². The number of aromatic nitrogens is 3. The molecule has 0 radical (unpaired) electrons. The number of fused-ring (bicyclic) bond motifs is 1. The maximum Gasteiger partial charge on any atom is 0.230 e. The van der Waals surface area contributed by atoms with Gasteiger partial charge < -0.3 is 24.1 Å². The van der Waals surface area contributed by atoms with Crippen LogP contribution in [0.5, 0.6) is 11.5 Å². The van der Waals surface area contributed by atoms with Gasteiger partial charge in [0.05, 0.1) is 5.75 Å². The van der Waals surface area contributed by atoms with Crippen molar-refractivity contribution in [2.24, 2.45) is 7.05 Å². The Kier molecular flexibility index (Phi) is 6.35. The van der Waals surface area contributed by atoms with E-state index in [1.807, 2.05) is 35.9 Å². The number of benzene rings is 1. The summed E-state index contributed by atoms with van der Waals surface area (Å²) in [4.78, 5) is 11.9. The number of para-hydroxylation sites is 2. The van der Waals surface area contributed by atoms with Gasteiger partial charge in [-0.25, -0.2) is 0 Å². The molecule has 2 heterocycles. The minimum Gasteiger partial charge on any atom is -0.485 e. The van der Waals surface area contributed by atoms with E-state index in [0.717, 1.165) is 12.2 Å². The summed E-state index contributed by atoms with van der Waals surface area (Å²) in [5.41, 5.74) is 0. The van der Waals surface area contributed by atoms with Gasteiger partial charge in [0.15, 0.2) is 28.6 Å². The monoisotopic (exact) mass is 378 g/mol. The van der Waals surface area contributed by atoms with Gasteiger partial charge in [-0.05, 0) is 18.6 Å². The molecule has 3 rings (SSSR count). The summed E-state index contributed by atoms with van der Waals surface area (Å²) < 4.78 is 18.5. The summed E-state index contributed by atoms with van der Waals surface area (Å²) in [6.45, 7) is 1.60. The zero-order valence-electron chi connectivity index (χ0n) is 14.8. The highest BCUT2D eigenvalue weighted by Crippen LogP contribution is 2.35. The minimum atomic E-state index is -0.334. The molecular formula is C17H22N4O4S. The summed E-state index contributed by atoms with van der Waals surface area (Å²) in [5, 5.41) is 11.9. The maximum absolute atomic E-state index is 11.9. The van der Waals surface area contributed by atoms with E-state index in [0.29, 0.717) is 36.5 Å². The third-order valence-corrected chi connectivity index (χ3v) is 4.87. The molecule has 1 unspecified atom stereocenters. The molecule has 1 atom stereocenters. The molecule has 0 fully saturated rings. The van der Waals surface area contributed by atoms with Crippen LogP contribution in [-0.2, 0) is 16.6 Å². The molecule has 1 aromatic heterocycles. The van der Waals surface area contributed by atoms with Crippen molar-refractivity contribution in [3.8, 4) is 11.5 Å². The molecule has 0 aliphatic carbocycles. The first kappa shape index (κ1) is 18.5. The van der Waals surface area contributed by atoms with Gasteiger partial charge in [0.2, 0.25) is 5.91 Å². The predicted octanol–water partition coefficient (Wildman–Crippen LogP) is 1.57. The van der Waals surface area contributed by atoms with E-state index in [1.165, 1.54) is 11.8 Å². The van der Waals surface area contributed by atoms with Gasteiger partial charge in [0.25, 0.3) is 0 Å². The van der Waals surface area contributed by atoms with E-state index < -0.39 is 0 Å². The number of carbonyl (C=O) groups excluding carboxylic acids is 1. The highest BCUT2D eigenvalue weighted by atomic mass is 32.2. The second kappa shape index (κ2) is 8.91. The van der Waals surface area contributed by atoms with Crippen LogP contribution in [0.2, 0.25) is 0 Å². The Labute approximate surface area is 156 Å². The first-order chi connectivity index (χ1) is 12.7. The normalized spacial score (nSPS) is 15.7. The second-order valence-electron chi connectivity index (χ2n) is 5.75. The van der Waals surface area contributed by atoms with Crippen molar-refractivity contribution in [2.45, 2.75) is 17.7 Å². The molecule has 26 heavy (non-hydrogen) atoms. The van der Waals surface area contributed by atoms with Crippen LogP contribution in [0.1, 0.15) is 18.3 Å². The lowest BCUT2D eigenvalue weighted by Gasteiger charge is -2.25. The molecule has 1 aliphatic heterocycles. The number of amides is 1. The van der Waals surface area contributed by atoms with E-state index >= 15 is 0 Å². The standard InChI is InChI=1S/C17H22N4O4S/c1-21-16(14-10-24-12-6-3-4-7-13(12)25-14)19-20-17(21)26-11-15(22)18-8-5-9-23-2/h3-4,6-7,14H,5,8-11H2,1-2H3,(H,18,22). The van der Waals surface area contributed by atoms with E-state index in [4.69, 9.17) is 14.2 Å². The number of nitrogens with zero attached hydrogens (tertiary/aromatic N) is 3. The topological polar surface area (TPSA) is 87.5 Å². The molecule has 0 saturated heterocycles. The first-order valence-electron chi connectivity index (χ1n) is 8.35. The molecule has 0 spiro atoms. The van der Waals surface area contributed by atoms with Crippen LogP contribution in [0.25, 0.3) is 0 Å². The Balaban J connectivity index is 1.54. The van der Waals surface area contributed by atoms with E-state index in [2.05, 4.69) is 15.5 Å². The Hall–Kier alpha value is -2.26. The van der Waals surface area contributed by atoms with Gasteiger partial charge in [-0.3, -0.25) is 4.79 Å². The van der Waals surface area contributed by atoms with Crippen LogP contribution in [0, 0.1) is 0 Å². The van der Waals surface area contributed by atoms with Gasteiger partial charge in [0, 0.05) is 27.3 Å². The summed E-state index contributed by atoms with van der Waals surface area (Å²) in [7, 11) is 3.50. The molecule has 8 nitrogen and oxygen atoms in total. The largest absolute Gasteiger partial charge is 0.485 e. The Bertz CT molecular complexity index is 752. The zero-order chi connectivity index (χ0) is 18.4. The van der Waals surface area contributed by atoms with Crippen molar-refractivity contribution >= 4 is 17.7 Å². The number of nitrogens with one attached hydrogen (secondary N) is 1. The molecule has 0 bridgehead atoms. The molecule has 1 amide bonds.